The van der Waals surface area contributed by atoms with Gasteiger partial charge in [-0.3, -0.25) is 0 Å². The third-order valence-electron chi connectivity index (χ3n) is 3.30. The summed E-state index contributed by atoms with van der Waals surface area (Å²) in [5, 5.41) is 9.71. The Bertz CT molecular complexity index is 937. The molecule has 0 bridgehead atoms. The van der Waals surface area contributed by atoms with Gasteiger partial charge in [0.2, 0.25) is 0 Å². The van der Waals surface area contributed by atoms with Crippen LogP contribution in [0.2, 0.25) is 5.02 Å². The van der Waals surface area contributed by atoms with Gasteiger partial charge in [-0.1, -0.05) is 35.5 Å². The van der Waals surface area contributed by atoms with Gasteiger partial charge in [0.05, 0.1) is 10.5 Å². The molecular formula is C16H9ClF3NO2S. The Morgan fingerprint density at radius 3 is 2.58 bits per heavy atom. The topological polar surface area (TPSA) is 53.1 Å². The van der Waals surface area contributed by atoms with Crippen LogP contribution in [0.4, 0.5) is 13.2 Å². The monoisotopic (exact) mass is 371 g/mol. The first-order valence-electron chi connectivity index (χ1n) is 6.65. The van der Waals surface area contributed by atoms with Gasteiger partial charge in [0.1, 0.15) is 5.69 Å². The van der Waals surface area contributed by atoms with Crippen LogP contribution in [0.1, 0.15) is 16.1 Å². The minimum atomic E-state index is -4.57. The van der Waals surface area contributed by atoms with Crippen LogP contribution in [0.5, 0.6) is 0 Å². The molecule has 8 heteroatoms. The van der Waals surface area contributed by atoms with Crippen molar-refractivity contribution in [3.8, 4) is 0 Å². The van der Waals surface area contributed by atoms with Gasteiger partial charge in [-0.05, 0) is 30.3 Å². The highest BCUT2D eigenvalue weighted by molar-refractivity contribution is 7.99. The lowest BCUT2D eigenvalue weighted by Gasteiger charge is -2.08. The van der Waals surface area contributed by atoms with Gasteiger partial charge in [-0.2, -0.15) is 13.2 Å². The molecule has 3 rings (SSSR count). The fraction of sp³-hybridized carbons (Fsp3) is 0.0625. The lowest BCUT2D eigenvalue weighted by Crippen LogP contribution is -2.06. The van der Waals surface area contributed by atoms with Gasteiger partial charge in [0.25, 0.3) is 0 Å². The Kier molecular flexibility index (Phi) is 4.23. The minimum Gasteiger partial charge on any atom is -0.478 e. The molecule has 3 aromatic rings. The Balaban J connectivity index is 2.14. The lowest BCUT2D eigenvalue weighted by molar-refractivity contribution is -0.142. The van der Waals surface area contributed by atoms with Crippen molar-refractivity contribution in [3.63, 3.8) is 0 Å². The molecule has 0 saturated carbocycles. The van der Waals surface area contributed by atoms with Crippen molar-refractivity contribution in [2.75, 3.05) is 0 Å². The maximum Gasteiger partial charge on any atom is 0.432 e. The normalized spacial score (nSPS) is 11.8. The molecule has 0 atom stereocenters. The molecule has 0 saturated heterocycles. The summed E-state index contributed by atoms with van der Waals surface area (Å²) >= 11 is 6.69. The average molecular weight is 372 g/mol. The zero-order chi connectivity index (χ0) is 17.5. The number of fused-ring (bicyclic) bond motifs is 1. The smallest absolute Gasteiger partial charge is 0.432 e. The third-order valence-corrected chi connectivity index (χ3v) is 4.65. The first-order valence-corrected chi connectivity index (χ1v) is 7.85. The SMILES string of the molecule is O=C(O)c1cccc(Sc2c(C(F)(F)F)[nH]c3cc(Cl)ccc23)c1. The predicted molar refractivity (Wildman–Crippen MR) is 85.8 cm³/mol. The predicted octanol–water partition coefficient (Wildman–Crippen LogP) is 5.69. The first-order chi connectivity index (χ1) is 11.3. The van der Waals surface area contributed by atoms with Crippen molar-refractivity contribution in [2.45, 2.75) is 16.0 Å². The van der Waals surface area contributed by atoms with Crippen LogP contribution in [0, 0.1) is 0 Å². The molecule has 0 unspecified atom stereocenters. The highest BCUT2D eigenvalue weighted by Gasteiger charge is 2.36. The molecule has 0 aliphatic heterocycles. The van der Waals surface area contributed by atoms with E-state index >= 15 is 0 Å². The van der Waals surface area contributed by atoms with Crippen LogP contribution in [-0.2, 0) is 6.18 Å². The van der Waals surface area contributed by atoms with E-state index in [0.717, 1.165) is 11.8 Å². The molecule has 2 N–H and O–H groups in total. The third kappa shape index (κ3) is 3.22. The molecular weight excluding hydrogens is 363 g/mol. The molecule has 0 aliphatic rings. The van der Waals surface area contributed by atoms with Crippen molar-refractivity contribution in [3.05, 3.63) is 58.7 Å². The number of H-pyrrole nitrogens is 1. The van der Waals surface area contributed by atoms with E-state index in [1.54, 1.807) is 6.07 Å². The highest BCUT2D eigenvalue weighted by Crippen LogP contribution is 2.44. The summed E-state index contributed by atoms with van der Waals surface area (Å²) in [7, 11) is 0. The van der Waals surface area contributed by atoms with Crippen LogP contribution in [-0.4, -0.2) is 16.1 Å². The van der Waals surface area contributed by atoms with Gasteiger partial charge in [-0.15, -0.1) is 0 Å². The Labute approximate surface area is 143 Å². The minimum absolute atomic E-state index is 0.0106. The second-order valence-electron chi connectivity index (χ2n) is 4.95. The van der Waals surface area contributed by atoms with Gasteiger partial charge in [0.15, 0.2) is 0 Å². The lowest BCUT2D eigenvalue weighted by atomic mass is 10.2. The largest absolute Gasteiger partial charge is 0.478 e. The van der Waals surface area contributed by atoms with Crippen molar-refractivity contribution < 1.29 is 23.1 Å². The van der Waals surface area contributed by atoms with E-state index in [1.165, 1.54) is 36.4 Å². The van der Waals surface area contributed by atoms with Crippen LogP contribution >= 0.6 is 23.4 Å². The van der Waals surface area contributed by atoms with E-state index < -0.39 is 17.8 Å². The second kappa shape index (κ2) is 6.07. The summed E-state index contributed by atoms with van der Waals surface area (Å²) < 4.78 is 40.0. The summed E-state index contributed by atoms with van der Waals surface area (Å²) in [6, 6.07) is 10.2. The fourth-order valence-corrected chi connectivity index (χ4v) is 3.56. The van der Waals surface area contributed by atoms with Crippen molar-refractivity contribution >= 4 is 40.2 Å². The number of nitrogens with one attached hydrogen (secondary N) is 1. The van der Waals surface area contributed by atoms with Crippen molar-refractivity contribution in [1.82, 2.24) is 4.98 Å². The van der Waals surface area contributed by atoms with Gasteiger partial charge < -0.3 is 10.1 Å². The van der Waals surface area contributed by atoms with E-state index in [1.807, 2.05) is 0 Å². The molecule has 1 heterocycles. The number of rotatable bonds is 3. The molecule has 0 amide bonds. The Morgan fingerprint density at radius 1 is 1.17 bits per heavy atom. The van der Waals surface area contributed by atoms with E-state index in [9.17, 15) is 18.0 Å². The molecule has 0 aliphatic carbocycles. The van der Waals surface area contributed by atoms with Crippen LogP contribution in [0.25, 0.3) is 10.9 Å². The molecule has 1 aromatic heterocycles. The molecule has 0 spiro atoms. The summed E-state index contributed by atoms with van der Waals surface area (Å²) in [5.41, 5.74) is -0.603. The maximum atomic E-state index is 13.3. The number of alkyl halides is 3. The second-order valence-corrected chi connectivity index (χ2v) is 6.47. The number of halogens is 4. The van der Waals surface area contributed by atoms with Crippen LogP contribution < -0.4 is 0 Å². The van der Waals surface area contributed by atoms with Gasteiger partial charge in [0, 0.05) is 20.8 Å². The van der Waals surface area contributed by atoms with Crippen molar-refractivity contribution in [2.24, 2.45) is 0 Å². The van der Waals surface area contributed by atoms with E-state index in [4.69, 9.17) is 16.7 Å². The number of aromatic carboxylic acids is 1. The summed E-state index contributed by atoms with van der Waals surface area (Å²) in [6.07, 6.45) is -4.57. The summed E-state index contributed by atoms with van der Waals surface area (Å²) in [5.74, 6) is -1.14. The number of carboxylic acids is 1. The quantitative estimate of drug-likeness (QED) is 0.622. The van der Waals surface area contributed by atoms with Crippen LogP contribution in [0.15, 0.2) is 52.3 Å². The van der Waals surface area contributed by atoms with E-state index in [2.05, 4.69) is 4.98 Å². The number of carbonyl (C=O) groups is 1. The number of hydrogen-bond donors (Lipinski definition) is 2. The fourth-order valence-electron chi connectivity index (χ4n) is 2.26. The number of benzene rings is 2. The van der Waals surface area contributed by atoms with Crippen LogP contribution in [0.3, 0.4) is 0 Å². The molecule has 0 radical (unpaired) electrons. The molecule has 24 heavy (non-hydrogen) atoms. The zero-order valence-electron chi connectivity index (χ0n) is 11.8. The molecule has 0 fully saturated rings. The summed E-state index contributed by atoms with van der Waals surface area (Å²) in [4.78, 5) is 13.8. The standard InChI is InChI=1S/C16H9ClF3NO2S/c17-9-4-5-11-12(7-9)21-14(16(18,19)20)13(11)24-10-3-1-2-8(6-10)15(22)23/h1-7,21H,(H,22,23). The van der Waals surface area contributed by atoms with E-state index in [-0.39, 0.29) is 16.0 Å². The van der Waals surface area contributed by atoms with Crippen molar-refractivity contribution in [1.29, 1.82) is 0 Å². The summed E-state index contributed by atoms with van der Waals surface area (Å²) in [6.45, 7) is 0. The zero-order valence-corrected chi connectivity index (χ0v) is 13.4. The number of aromatic nitrogens is 1. The van der Waals surface area contributed by atoms with Gasteiger partial charge >= 0.3 is 12.1 Å². The number of carboxylic acid groups (broad SMARTS) is 1. The van der Waals surface area contributed by atoms with Gasteiger partial charge in [-0.25, -0.2) is 4.79 Å². The highest BCUT2D eigenvalue weighted by atomic mass is 35.5. The number of hydrogen-bond acceptors (Lipinski definition) is 2. The van der Waals surface area contributed by atoms with E-state index in [0.29, 0.717) is 15.3 Å². The molecule has 124 valence electrons. The Hall–Kier alpha value is -2.12. The molecule has 3 nitrogen and oxygen atoms in total. The number of aromatic amines is 1. The maximum absolute atomic E-state index is 13.3. The molecule has 2 aromatic carbocycles. The average Bonchev–Trinajstić information content (AvgIpc) is 2.85. The first kappa shape index (κ1) is 16.7. The Morgan fingerprint density at radius 2 is 1.92 bits per heavy atom.